The fourth-order valence-electron chi connectivity index (χ4n) is 1.64. The maximum Gasteiger partial charge on any atom is 0.251 e. The molecule has 4 heteroatoms. The summed E-state index contributed by atoms with van der Waals surface area (Å²) in [4.78, 5) is 11.4. The van der Waals surface area contributed by atoms with Gasteiger partial charge in [0, 0.05) is 12.6 Å². The first-order chi connectivity index (χ1) is 8.54. The van der Waals surface area contributed by atoms with Crippen LogP contribution in [0.3, 0.4) is 0 Å². The van der Waals surface area contributed by atoms with E-state index < -0.39 is 0 Å². The van der Waals surface area contributed by atoms with E-state index in [1.807, 2.05) is 0 Å². The van der Waals surface area contributed by atoms with E-state index in [-0.39, 0.29) is 5.91 Å². The zero-order valence-electron chi connectivity index (χ0n) is 11.3. The highest BCUT2D eigenvalue weighted by Crippen LogP contribution is 2.23. The van der Waals surface area contributed by atoms with E-state index in [0.717, 1.165) is 12.8 Å². The van der Waals surface area contributed by atoms with Crippen LogP contribution in [0.25, 0.3) is 0 Å². The quantitative estimate of drug-likeness (QED) is 0.602. The Morgan fingerprint density at radius 3 is 2.72 bits per heavy atom. The monoisotopic (exact) mass is 250 g/mol. The Bertz CT molecular complexity index is 403. The van der Waals surface area contributed by atoms with E-state index in [2.05, 4.69) is 19.2 Å². The van der Waals surface area contributed by atoms with Crippen LogP contribution in [0.5, 0.6) is 5.75 Å². The third kappa shape index (κ3) is 4.28. The molecule has 0 bridgehead atoms. The summed E-state index contributed by atoms with van der Waals surface area (Å²) in [7, 11) is 1.59. The maximum atomic E-state index is 11.4. The average Bonchev–Trinajstić information content (AvgIpc) is 2.34. The summed E-state index contributed by atoms with van der Waals surface area (Å²) in [5.41, 5.74) is 6.90. The van der Waals surface area contributed by atoms with Crippen molar-refractivity contribution in [3.8, 4) is 5.75 Å². The Kier molecular flexibility index (Phi) is 5.49. The van der Waals surface area contributed by atoms with Gasteiger partial charge in [0.25, 0.3) is 5.91 Å². The molecule has 1 amide bonds. The van der Waals surface area contributed by atoms with Gasteiger partial charge >= 0.3 is 0 Å². The number of benzene rings is 1. The number of anilines is 1. The first-order valence-electron chi connectivity index (χ1n) is 6.29. The van der Waals surface area contributed by atoms with E-state index in [1.165, 1.54) is 0 Å². The first-order valence-corrected chi connectivity index (χ1v) is 6.29. The van der Waals surface area contributed by atoms with Crippen LogP contribution in [0.15, 0.2) is 18.2 Å². The minimum Gasteiger partial charge on any atom is -0.491 e. The van der Waals surface area contributed by atoms with E-state index in [1.54, 1.807) is 25.2 Å². The second kappa shape index (κ2) is 6.89. The topological polar surface area (TPSA) is 64.3 Å². The number of rotatable bonds is 6. The molecule has 100 valence electrons. The molecule has 0 atom stereocenters. The number of ether oxygens (including phenoxy) is 1. The average molecular weight is 250 g/mol. The van der Waals surface area contributed by atoms with E-state index in [4.69, 9.17) is 10.5 Å². The molecule has 0 unspecified atom stereocenters. The van der Waals surface area contributed by atoms with E-state index >= 15 is 0 Å². The highest BCUT2D eigenvalue weighted by Gasteiger charge is 2.07. The van der Waals surface area contributed by atoms with Crippen LogP contribution in [-0.4, -0.2) is 19.6 Å². The van der Waals surface area contributed by atoms with Gasteiger partial charge in [-0.3, -0.25) is 4.79 Å². The van der Waals surface area contributed by atoms with Gasteiger partial charge in [-0.25, -0.2) is 0 Å². The lowest BCUT2D eigenvalue weighted by atomic mass is 10.1. The van der Waals surface area contributed by atoms with Gasteiger partial charge in [-0.2, -0.15) is 0 Å². The minimum absolute atomic E-state index is 0.145. The molecule has 0 saturated carbocycles. The van der Waals surface area contributed by atoms with Crippen LogP contribution in [0.1, 0.15) is 37.0 Å². The molecule has 0 aliphatic rings. The van der Waals surface area contributed by atoms with Crippen LogP contribution in [-0.2, 0) is 0 Å². The van der Waals surface area contributed by atoms with Gasteiger partial charge in [-0.05, 0) is 37.0 Å². The minimum atomic E-state index is -0.145. The van der Waals surface area contributed by atoms with Crippen molar-refractivity contribution < 1.29 is 9.53 Å². The summed E-state index contributed by atoms with van der Waals surface area (Å²) in [5.74, 6) is 1.18. The van der Waals surface area contributed by atoms with Crippen molar-refractivity contribution in [2.24, 2.45) is 5.92 Å². The number of carbonyl (C=O) groups is 1. The Labute approximate surface area is 109 Å². The highest BCUT2D eigenvalue weighted by atomic mass is 16.5. The van der Waals surface area contributed by atoms with Gasteiger partial charge in [-0.15, -0.1) is 0 Å². The van der Waals surface area contributed by atoms with Crippen molar-refractivity contribution in [2.75, 3.05) is 19.4 Å². The molecule has 0 aromatic heterocycles. The standard InChI is InChI=1S/C14H22N2O2/c1-10(2)5-4-8-18-13-7-6-11(9-12(13)15)14(17)16-3/h6-7,9-10H,4-5,8,15H2,1-3H3,(H,16,17). The number of hydrogen-bond donors (Lipinski definition) is 2. The second-order valence-corrected chi connectivity index (χ2v) is 4.72. The Hall–Kier alpha value is -1.71. The molecule has 18 heavy (non-hydrogen) atoms. The van der Waals surface area contributed by atoms with Crippen molar-refractivity contribution in [1.29, 1.82) is 0 Å². The van der Waals surface area contributed by atoms with Gasteiger partial charge in [0.2, 0.25) is 0 Å². The number of nitrogens with two attached hydrogens (primary N) is 1. The van der Waals surface area contributed by atoms with Crippen LogP contribution < -0.4 is 15.8 Å². The molecular formula is C14H22N2O2. The van der Waals surface area contributed by atoms with Gasteiger partial charge in [-0.1, -0.05) is 13.8 Å². The van der Waals surface area contributed by atoms with Crippen LogP contribution in [0, 0.1) is 5.92 Å². The van der Waals surface area contributed by atoms with Crippen molar-refractivity contribution >= 4 is 11.6 Å². The molecule has 0 aliphatic carbocycles. The molecule has 1 rings (SSSR count). The molecular weight excluding hydrogens is 228 g/mol. The van der Waals surface area contributed by atoms with Gasteiger partial charge in [0.15, 0.2) is 0 Å². The van der Waals surface area contributed by atoms with Gasteiger partial charge in [0.1, 0.15) is 5.75 Å². The lowest BCUT2D eigenvalue weighted by Gasteiger charge is -2.10. The zero-order chi connectivity index (χ0) is 13.5. The number of amides is 1. The normalized spacial score (nSPS) is 10.4. The SMILES string of the molecule is CNC(=O)c1ccc(OCCCC(C)C)c(N)c1. The molecule has 1 aromatic rings. The summed E-state index contributed by atoms with van der Waals surface area (Å²) < 4.78 is 5.60. The summed E-state index contributed by atoms with van der Waals surface area (Å²) in [5, 5.41) is 2.56. The summed E-state index contributed by atoms with van der Waals surface area (Å²) in [6.45, 7) is 5.03. The third-order valence-electron chi connectivity index (χ3n) is 2.68. The molecule has 0 saturated heterocycles. The van der Waals surface area contributed by atoms with E-state index in [9.17, 15) is 4.79 Å². The van der Waals surface area contributed by atoms with Gasteiger partial charge in [0.05, 0.1) is 12.3 Å². The highest BCUT2D eigenvalue weighted by molar-refractivity contribution is 5.95. The zero-order valence-corrected chi connectivity index (χ0v) is 11.3. The van der Waals surface area contributed by atoms with E-state index in [0.29, 0.717) is 29.5 Å². The summed E-state index contributed by atoms with van der Waals surface area (Å²) in [6, 6.07) is 5.10. The van der Waals surface area contributed by atoms with Crippen molar-refractivity contribution in [3.63, 3.8) is 0 Å². The Morgan fingerprint density at radius 1 is 1.44 bits per heavy atom. The second-order valence-electron chi connectivity index (χ2n) is 4.72. The predicted octanol–water partition coefficient (Wildman–Crippen LogP) is 2.44. The molecule has 3 N–H and O–H groups in total. The molecule has 4 nitrogen and oxygen atoms in total. The predicted molar refractivity (Wildman–Crippen MR) is 73.8 cm³/mol. The Morgan fingerprint density at radius 2 is 2.17 bits per heavy atom. The van der Waals surface area contributed by atoms with Crippen LogP contribution in [0.2, 0.25) is 0 Å². The third-order valence-corrected chi connectivity index (χ3v) is 2.68. The van der Waals surface area contributed by atoms with Gasteiger partial charge < -0.3 is 15.8 Å². The molecule has 0 spiro atoms. The lowest BCUT2D eigenvalue weighted by Crippen LogP contribution is -2.17. The maximum absolute atomic E-state index is 11.4. The molecule has 1 aromatic carbocycles. The molecule has 0 heterocycles. The smallest absolute Gasteiger partial charge is 0.251 e. The molecule has 0 radical (unpaired) electrons. The fourth-order valence-corrected chi connectivity index (χ4v) is 1.64. The molecule has 0 aliphatic heterocycles. The van der Waals surface area contributed by atoms with Crippen LogP contribution >= 0.6 is 0 Å². The van der Waals surface area contributed by atoms with Crippen molar-refractivity contribution in [3.05, 3.63) is 23.8 Å². The summed E-state index contributed by atoms with van der Waals surface area (Å²) >= 11 is 0. The largest absolute Gasteiger partial charge is 0.491 e. The number of nitrogen functional groups attached to an aromatic ring is 1. The Balaban J connectivity index is 2.55. The first kappa shape index (κ1) is 14.4. The number of carbonyl (C=O) groups excluding carboxylic acids is 1. The lowest BCUT2D eigenvalue weighted by molar-refractivity contribution is 0.0963. The van der Waals surface area contributed by atoms with Crippen LogP contribution in [0.4, 0.5) is 5.69 Å². The number of nitrogens with one attached hydrogen (secondary N) is 1. The van der Waals surface area contributed by atoms with Crippen molar-refractivity contribution in [1.82, 2.24) is 5.32 Å². The molecule has 0 fully saturated rings. The summed E-state index contributed by atoms with van der Waals surface area (Å²) in [6.07, 6.45) is 2.14. The number of hydrogen-bond acceptors (Lipinski definition) is 3. The van der Waals surface area contributed by atoms with Crippen molar-refractivity contribution in [2.45, 2.75) is 26.7 Å². The fraction of sp³-hybridized carbons (Fsp3) is 0.500.